The van der Waals surface area contributed by atoms with Crippen LogP contribution in [0.3, 0.4) is 0 Å². The van der Waals surface area contributed by atoms with Gasteiger partial charge in [-0.15, -0.1) is 0 Å². The summed E-state index contributed by atoms with van der Waals surface area (Å²) in [6.45, 7) is 21.9. The van der Waals surface area contributed by atoms with Crippen LogP contribution >= 0.6 is 0 Å². The zero-order valence-electron chi connectivity index (χ0n) is 14.7. The van der Waals surface area contributed by atoms with Gasteiger partial charge in [-0.3, -0.25) is 4.79 Å². The van der Waals surface area contributed by atoms with Gasteiger partial charge in [0.1, 0.15) is 23.0 Å². The molecule has 0 aliphatic heterocycles. The number of carbonyl (C=O) groups is 1. The molecule has 0 atom stereocenters. The fourth-order valence-corrected chi connectivity index (χ4v) is 1.77. The summed E-state index contributed by atoms with van der Waals surface area (Å²) in [7, 11) is 0. The number of hydrogen-bond donors (Lipinski definition) is 0. The van der Waals surface area contributed by atoms with Gasteiger partial charge in [0.25, 0.3) is 0 Å². The molecule has 1 rings (SSSR count). The highest BCUT2D eigenvalue weighted by Crippen LogP contribution is 2.18. The van der Waals surface area contributed by atoms with Gasteiger partial charge in [-0.25, -0.2) is 0 Å². The minimum Gasteiger partial charge on any atom is -0.459 e. The van der Waals surface area contributed by atoms with Crippen molar-refractivity contribution in [3.8, 4) is 5.75 Å². The Morgan fingerprint density at radius 1 is 0.885 bits per heavy atom. The highest BCUT2D eigenvalue weighted by atomic mass is 16.5. The molecule has 1 aromatic carbocycles. The maximum Gasteiger partial charge on any atom is 0.192 e. The summed E-state index contributed by atoms with van der Waals surface area (Å²) in [6, 6.07) is 6.72. The van der Waals surface area contributed by atoms with Crippen LogP contribution in [-0.4, -0.2) is 5.78 Å². The van der Waals surface area contributed by atoms with Gasteiger partial charge in [-0.2, -0.15) is 0 Å². The van der Waals surface area contributed by atoms with Gasteiger partial charge < -0.3 is 9.47 Å². The van der Waals surface area contributed by atoms with Crippen molar-refractivity contribution in [1.29, 1.82) is 0 Å². The predicted molar refractivity (Wildman–Crippen MR) is 108 cm³/mol. The second-order valence-corrected chi connectivity index (χ2v) is 5.06. The lowest BCUT2D eigenvalue weighted by molar-refractivity contribution is 0.103. The van der Waals surface area contributed by atoms with Gasteiger partial charge in [-0.1, -0.05) is 45.5 Å². The molecule has 0 N–H and O–H groups in total. The van der Waals surface area contributed by atoms with Crippen molar-refractivity contribution in [1.82, 2.24) is 0 Å². The predicted octanol–water partition coefficient (Wildman–Crippen LogP) is 5.85. The summed E-state index contributed by atoms with van der Waals surface area (Å²) < 4.78 is 10.8. The van der Waals surface area contributed by atoms with Crippen LogP contribution in [0.25, 0.3) is 0 Å². The maximum atomic E-state index is 12.4. The fourth-order valence-electron chi connectivity index (χ4n) is 1.77. The van der Waals surface area contributed by atoms with Crippen LogP contribution in [0.2, 0.25) is 0 Å². The van der Waals surface area contributed by atoms with E-state index >= 15 is 0 Å². The summed E-state index contributed by atoms with van der Waals surface area (Å²) >= 11 is 0. The van der Waals surface area contributed by atoms with Crippen LogP contribution in [0.1, 0.15) is 10.4 Å². The van der Waals surface area contributed by atoms with E-state index in [-0.39, 0.29) is 5.78 Å². The summed E-state index contributed by atoms with van der Waals surface area (Å²) in [5, 5.41) is 0. The molecule has 3 nitrogen and oxygen atoms in total. The van der Waals surface area contributed by atoms with Crippen molar-refractivity contribution in [2.24, 2.45) is 0 Å². The van der Waals surface area contributed by atoms with Gasteiger partial charge in [0.15, 0.2) is 5.78 Å². The molecule has 0 fully saturated rings. The van der Waals surface area contributed by atoms with Crippen LogP contribution in [0.5, 0.6) is 5.75 Å². The fraction of sp³-hybridized carbons (Fsp3) is 0. The van der Waals surface area contributed by atoms with E-state index in [4.69, 9.17) is 9.47 Å². The van der Waals surface area contributed by atoms with E-state index < -0.39 is 0 Å². The minimum absolute atomic E-state index is 0.214. The quantitative estimate of drug-likeness (QED) is 0.218. The van der Waals surface area contributed by atoms with Crippen molar-refractivity contribution in [3.05, 3.63) is 129 Å². The molecule has 3 heteroatoms. The molecule has 0 radical (unpaired) electrons. The van der Waals surface area contributed by atoms with Crippen LogP contribution in [0, 0.1) is 0 Å². The number of allylic oxidation sites excluding steroid dienone is 7. The lowest BCUT2D eigenvalue weighted by Crippen LogP contribution is -2.01. The zero-order chi connectivity index (χ0) is 19.5. The molecule has 132 valence electrons. The molecule has 26 heavy (non-hydrogen) atoms. The first-order chi connectivity index (χ1) is 12.4. The molecular formula is C23H22O3. The Bertz CT molecular complexity index is 802. The molecule has 0 unspecified atom stereocenters. The Labute approximate surface area is 155 Å². The highest BCUT2D eigenvalue weighted by molar-refractivity contribution is 6.10. The average Bonchev–Trinajstić information content (AvgIpc) is 2.65. The van der Waals surface area contributed by atoms with Crippen molar-refractivity contribution in [3.63, 3.8) is 0 Å². The number of Topliss-reactive ketones (excluding diaryl/α,β-unsaturated/α-hetero) is 1. The average molecular weight is 346 g/mol. The van der Waals surface area contributed by atoms with Gasteiger partial charge >= 0.3 is 0 Å². The SMILES string of the molecule is C=C/C=C(\C=C)Oc1ccc(C(=O)C(=C)/C=C\C(=C)OC(=C)C=C)cc1. The van der Waals surface area contributed by atoms with Gasteiger partial charge in [0, 0.05) is 11.1 Å². The Morgan fingerprint density at radius 3 is 2.08 bits per heavy atom. The van der Waals surface area contributed by atoms with Gasteiger partial charge in [0.05, 0.1) is 0 Å². The van der Waals surface area contributed by atoms with E-state index in [2.05, 4.69) is 39.5 Å². The topological polar surface area (TPSA) is 35.5 Å². The van der Waals surface area contributed by atoms with E-state index in [1.807, 2.05) is 0 Å². The number of ether oxygens (including phenoxy) is 2. The number of carbonyl (C=O) groups excluding carboxylic acids is 1. The monoisotopic (exact) mass is 346 g/mol. The first-order valence-corrected chi connectivity index (χ1v) is 7.74. The van der Waals surface area contributed by atoms with Crippen LogP contribution in [-0.2, 0) is 4.74 Å². The van der Waals surface area contributed by atoms with E-state index in [0.717, 1.165) is 0 Å². The maximum absolute atomic E-state index is 12.4. The molecule has 0 aromatic heterocycles. The molecule has 0 amide bonds. The van der Waals surface area contributed by atoms with Crippen molar-refractivity contribution >= 4 is 5.78 Å². The first kappa shape index (κ1) is 20.5. The number of hydrogen-bond acceptors (Lipinski definition) is 3. The lowest BCUT2D eigenvalue weighted by atomic mass is 10.0. The minimum atomic E-state index is -0.214. The molecular weight excluding hydrogens is 324 g/mol. The summed E-state index contributed by atoms with van der Waals surface area (Å²) in [4.78, 5) is 12.4. The van der Waals surface area contributed by atoms with Gasteiger partial charge in [0.2, 0.25) is 0 Å². The molecule has 0 saturated heterocycles. The Hall–Kier alpha value is -3.59. The third kappa shape index (κ3) is 6.49. The van der Waals surface area contributed by atoms with E-state index in [0.29, 0.717) is 34.2 Å². The second kappa shape index (κ2) is 10.3. The molecule has 0 bridgehead atoms. The van der Waals surface area contributed by atoms with Crippen molar-refractivity contribution < 1.29 is 14.3 Å². The van der Waals surface area contributed by atoms with Crippen LogP contribution in [0.4, 0.5) is 0 Å². The van der Waals surface area contributed by atoms with E-state index in [1.165, 1.54) is 12.2 Å². The highest BCUT2D eigenvalue weighted by Gasteiger charge is 2.08. The van der Waals surface area contributed by atoms with E-state index in [1.54, 1.807) is 48.6 Å². The third-order valence-electron chi connectivity index (χ3n) is 3.09. The summed E-state index contributed by atoms with van der Waals surface area (Å²) in [5.74, 6) is 1.63. The Morgan fingerprint density at radius 2 is 1.54 bits per heavy atom. The number of benzene rings is 1. The largest absolute Gasteiger partial charge is 0.459 e. The normalized spacial score (nSPS) is 10.7. The molecule has 0 saturated carbocycles. The van der Waals surface area contributed by atoms with Crippen LogP contribution in [0.15, 0.2) is 123 Å². The third-order valence-corrected chi connectivity index (χ3v) is 3.09. The molecule has 0 aliphatic carbocycles. The molecule has 0 spiro atoms. The summed E-state index contributed by atoms with van der Waals surface area (Å²) in [6.07, 6.45) is 9.41. The number of rotatable bonds is 11. The smallest absolute Gasteiger partial charge is 0.192 e. The molecule has 0 aliphatic rings. The molecule has 0 heterocycles. The Kier molecular flexibility index (Phi) is 8.11. The zero-order valence-corrected chi connectivity index (χ0v) is 14.7. The van der Waals surface area contributed by atoms with Crippen LogP contribution < -0.4 is 4.74 Å². The van der Waals surface area contributed by atoms with E-state index in [9.17, 15) is 4.79 Å². The van der Waals surface area contributed by atoms with Crippen molar-refractivity contribution in [2.45, 2.75) is 0 Å². The molecule has 1 aromatic rings. The van der Waals surface area contributed by atoms with Crippen molar-refractivity contribution in [2.75, 3.05) is 0 Å². The standard InChI is InChI=1S/C23H22O3/c1-7-10-21(9-3)26-22-15-13-20(14-16-22)23(24)17(4)11-12-19(6)25-18(5)8-2/h7-16H,1-6H2/b12-11-,21-10+. The lowest BCUT2D eigenvalue weighted by Gasteiger charge is -2.07. The Balaban J connectivity index is 2.76. The van der Waals surface area contributed by atoms with Gasteiger partial charge in [-0.05, 0) is 54.6 Å². The first-order valence-electron chi connectivity index (χ1n) is 7.74. The second-order valence-electron chi connectivity index (χ2n) is 5.06. The number of ketones is 1. The summed E-state index contributed by atoms with van der Waals surface area (Å²) in [5.41, 5.74) is 0.785.